The van der Waals surface area contributed by atoms with Gasteiger partial charge < -0.3 is 0 Å². The Morgan fingerprint density at radius 1 is 1.30 bits per heavy atom. The van der Waals surface area contributed by atoms with Crippen LogP contribution in [0.5, 0.6) is 0 Å². The Balaban J connectivity index is 2.19. The molecule has 3 N–H and O–H groups in total. The fraction of sp³-hybridized carbons (Fsp3) is 0.357. The van der Waals surface area contributed by atoms with E-state index in [-0.39, 0.29) is 6.04 Å². The highest BCUT2D eigenvalue weighted by atomic mass is 19.1. The van der Waals surface area contributed by atoms with E-state index < -0.39 is 17.7 Å². The van der Waals surface area contributed by atoms with Crippen molar-refractivity contribution in [3.63, 3.8) is 0 Å². The third-order valence-electron chi connectivity index (χ3n) is 3.15. The van der Waals surface area contributed by atoms with Crippen molar-refractivity contribution >= 4 is 0 Å². The van der Waals surface area contributed by atoms with Crippen LogP contribution in [0.1, 0.15) is 37.2 Å². The minimum absolute atomic E-state index is 0.260. The molecule has 20 heavy (non-hydrogen) atoms. The van der Waals surface area contributed by atoms with Crippen molar-refractivity contribution in [1.29, 1.82) is 0 Å². The Hall–Kier alpha value is -1.79. The van der Waals surface area contributed by atoms with Gasteiger partial charge in [0.15, 0.2) is 0 Å². The molecular weight excluding hydrogens is 262 g/mol. The maximum absolute atomic E-state index is 13.8. The van der Waals surface area contributed by atoms with E-state index in [1.165, 1.54) is 12.1 Å². The molecule has 0 saturated heterocycles. The minimum Gasteiger partial charge on any atom is -0.271 e. The van der Waals surface area contributed by atoms with Crippen LogP contribution in [0, 0.1) is 11.6 Å². The second-order valence-corrected chi connectivity index (χ2v) is 4.97. The van der Waals surface area contributed by atoms with Crippen molar-refractivity contribution in [2.45, 2.75) is 32.4 Å². The van der Waals surface area contributed by atoms with Crippen LogP contribution >= 0.6 is 0 Å². The number of hydrogen-bond acceptors (Lipinski definition) is 3. The zero-order valence-corrected chi connectivity index (χ0v) is 11.5. The zero-order valence-electron chi connectivity index (χ0n) is 11.5. The molecular formula is C14H18F2N4. The SMILES string of the molecule is CC(C)n1ccc(CC(NN)c2ccc(F)cc2F)n1. The van der Waals surface area contributed by atoms with E-state index in [1.54, 1.807) is 0 Å². The van der Waals surface area contributed by atoms with Crippen LogP contribution in [0.2, 0.25) is 0 Å². The molecule has 1 aromatic heterocycles. The molecule has 0 aliphatic carbocycles. The van der Waals surface area contributed by atoms with Gasteiger partial charge in [0, 0.05) is 30.3 Å². The normalized spacial score (nSPS) is 12.9. The topological polar surface area (TPSA) is 55.9 Å². The predicted octanol–water partition coefficient (Wildman–Crippen LogP) is 2.49. The maximum Gasteiger partial charge on any atom is 0.130 e. The third kappa shape index (κ3) is 3.20. The van der Waals surface area contributed by atoms with E-state index in [0.29, 0.717) is 12.0 Å². The number of aromatic nitrogens is 2. The monoisotopic (exact) mass is 280 g/mol. The van der Waals surface area contributed by atoms with E-state index in [2.05, 4.69) is 10.5 Å². The number of nitrogens with two attached hydrogens (primary N) is 1. The number of hydrazine groups is 1. The largest absolute Gasteiger partial charge is 0.271 e. The van der Waals surface area contributed by atoms with Crippen LogP contribution in [0.25, 0.3) is 0 Å². The van der Waals surface area contributed by atoms with Crippen LogP contribution in [0.3, 0.4) is 0 Å². The van der Waals surface area contributed by atoms with Gasteiger partial charge >= 0.3 is 0 Å². The molecule has 1 heterocycles. The maximum atomic E-state index is 13.8. The molecule has 0 bridgehead atoms. The van der Waals surface area contributed by atoms with Gasteiger partial charge in [-0.05, 0) is 26.0 Å². The fourth-order valence-electron chi connectivity index (χ4n) is 2.03. The number of halogens is 2. The Bertz CT molecular complexity index is 580. The predicted molar refractivity (Wildman–Crippen MR) is 72.7 cm³/mol. The highest BCUT2D eigenvalue weighted by molar-refractivity contribution is 5.23. The van der Waals surface area contributed by atoms with Crippen molar-refractivity contribution in [3.05, 3.63) is 53.4 Å². The van der Waals surface area contributed by atoms with Gasteiger partial charge in [-0.1, -0.05) is 6.07 Å². The van der Waals surface area contributed by atoms with E-state index in [1.807, 2.05) is 30.8 Å². The Morgan fingerprint density at radius 3 is 2.60 bits per heavy atom. The first-order chi connectivity index (χ1) is 9.51. The Morgan fingerprint density at radius 2 is 2.05 bits per heavy atom. The first kappa shape index (κ1) is 14.6. The van der Waals surface area contributed by atoms with Crippen LogP contribution in [-0.4, -0.2) is 9.78 Å². The van der Waals surface area contributed by atoms with Crippen LogP contribution in [-0.2, 0) is 6.42 Å². The first-order valence-electron chi connectivity index (χ1n) is 6.46. The van der Waals surface area contributed by atoms with Crippen molar-refractivity contribution in [3.8, 4) is 0 Å². The highest BCUT2D eigenvalue weighted by Gasteiger charge is 2.17. The molecule has 1 aromatic carbocycles. The van der Waals surface area contributed by atoms with Gasteiger partial charge in [0.05, 0.1) is 11.7 Å². The summed E-state index contributed by atoms with van der Waals surface area (Å²) in [6.07, 6.45) is 2.30. The summed E-state index contributed by atoms with van der Waals surface area (Å²) in [4.78, 5) is 0. The van der Waals surface area contributed by atoms with Gasteiger partial charge in [-0.15, -0.1) is 0 Å². The molecule has 0 spiro atoms. The molecule has 1 unspecified atom stereocenters. The molecule has 1 atom stereocenters. The lowest BCUT2D eigenvalue weighted by molar-refractivity contribution is 0.486. The molecule has 0 amide bonds. The third-order valence-corrected chi connectivity index (χ3v) is 3.15. The standard InChI is InChI=1S/C14H18F2N4/c1-9(2)20-6-5-11(19-20)8-14(18-17)12-4-3-10(15)7-13(12)16/h3-7,9,14,18H,8,17H2,1-2H3. The molecule has 4 nitrogen and oxygen atoms in total. The Kier molecular flexibility index (Phi) is 4.46. The van der Waals surface area contributed by atoms with Gasteiger partial charge in [0.1, 0.15) is 11.6 Å². The lowest BCUT2D eigenvalue weighted by atomic mass is 10.0. The Labute approximate surface area is 116 Å². The quantitative estimate of drug-likeness (QED) is 0.653. The van der Waals surface area contributed by atoms with Gasteiger partial charge in [0.2, 0.25) is 0 Å². The second kappa shape index (κ2) is 6.11. The molecule has 2 aromatic rings. The lowest BCUT2D eigenvalue weighted by Gasteiger charge is -2.16. The molecule has 108 valence electrons. The summed E-state index contributed by atoms with van der Waals surface area (Å²) in [5, 5.41) is 4.39. The molecule has 2 rings (SSSR count). The number of rotatable bonds is 5. The molecule has 0 aliphatic heterocycles. The van der Waals surface area contributed by atoms with Gasteiger partial charge in [-0.25, -0.2) is 8.78 Å². The second-order valence-electron chi connectivity index (χ2n) is 4.97. The molecule has 6 heteroatoms. The summed E-state index contributed by atoms with van der Waals surface area (Å²) in [6, 6.07) is 5.14. The summed E-state index contributed by atoms with van der Waals surface area (Å²) in [5.74, 6) is 4.26. The van der Waals surface area contributed by atoms with Crippen LogP contribution in [0.4, 0.5) is 8.78 Å². The van der Waals surface area contributed by atoms with Gasteiger partial charge in [0.25, 0.3) is 0 Å². The summed E-state index contributed by atoms with van der Waals surface area (Å²) >= 11 is 0. The average molecular weight is 280 g/mol. The number of benzene rings is 1. The summed E-state index contributed by atoms with van der Waals surface area (Å²) in [5.41, 5.74) is 3.68. The average Bonchev–Trinajstić information content (AvgIpc) is 2.85. The van der Waals surface area contributed by atoms with Crippen LogP contribution in [0.15, 0.2) is 30.5 Å². The minimum atomic E-state index is -0.615. The molecule has 0 saturated carbocycles. The first-order valence-corrected chi connectivity index (χ1v) is 6.46. The van der Waals surface area contributed by atoms with Crippen molar-refractivity contribution in [2.24, 2.45) is 5.84 Å². The van der Waals surface area contributed by atoms with Crippen LogP contribution < -0.4 is 11.3 Å². The molecule has 0 aliphatic rings. The number of nitrogens with zero attached hydrogens (tertiary/aromatic N) is 2. The van der Waals surface area contributed by atoms with Crippen molar-refractivity contribution in [2.75, 3.05) is 0 Å². The number of nitrogens with one attached hydrogen (secondary N) is 1. The van der Waals surface area contributed by atoms with Gasteiger partial charge in [-0.3, -0.25) is 16.0 Å². The molecule has 0 radical (unpaired) electrons. The zero-order chi connectivity index (χ0) is 14.7. The lowest BCUT2D eigenvalue weighted by Crippen LogP contribution is -2.30. The smallest absolute Gasteiger partial charge is 0.130 e. The fourth-order valence-corrected chi connectivity index (χ4v) is 2.03. The van der Waals surface area contributed by atoms with Gasteiger partial charge in [-0.2, -0.15) is 5.10 Å². The summed E-state index contributed by atoms with van der Waals surface area (Å²) in [6.45, 7) is 4.05. The van der Waals surface area contributed by atoms with E-state index in [4.69, 9.17) is 5.84 Å². The van der Waals surface area contributed by atoms with Crippen molar-refractivity contribution in [1.82, 2.24) is 15.2 Å². The van der Waals surface area contributed by atoms with E-state index in [0.717, 1.165) is 11.8 Å². The van der Waals surface area contributed by atoms with Crippen molar-refractivity contribution < 1.29 is 8.78 Å². The highest BCUT2D eigenvalue weighted by Crippen LogP contribution is 2.21. The van der Waals surface area contributed by atoms with E-state index in [9.17, 15) is 8.78 Å². The summed E-state index contributed by atoms with van der Waals surface area (Å²) < 4.78 is 28.5. The molecule has 0 fully saturated rings. The number of hydrogen-bond donors (Lipinski definition) is 2. The van der Waals surface area contributed by atoms with E-state index >= 15 is 0 Å². The summed E-state index contributed by atoms with van der Waals surface area (Å²) in [7, 11) is 0.